The molecule has 2 aromatic rings. The number of sulfonamides is 1. The van der Waals surface area contributed by atoms with Crippen molar-refractivity contribution in [3.8, 4) is 11.8 Å². The molecule has 0 spiro atoms. The molecule has 2 amide bonds. The monoisotopic (exact) mass is 410 g/mol. The van der Waals surface area contributed by atoms with Gasteiger partial charge in [0, 0.05) is 20.3 Å². The standard InChI is InChI=1S/C15H18N6O6S/c1-21(2)14(23)11-8(5-6-17-13(11)28(16,24)25)12(22)20-15-18-9(26-3)7-10(19-15)27-4/h5-7H,1-4H3,(H2,16,24,25)(H,18,19,20,22). The maximum Gasteiger partial charge on any atom is 0.258 e. The van der Waals surface area contributed by atoms with Gasteiger partial charge in [0.25, 0.3) is 21.8 Å². The van der Waals surface area contributed by atoms with Gasteiger partial charge < -0.3 is 14.4 Å². The van der Waals surface area contributed by atoms with Crippen molar-refractivity contribution in [3.05, 3.63) is 29.5 Å². The van der Waals surface area contributed by atoms with E-state index in [1.807, 2.05) is 0 Å². The van der Waals surface area contributed by atoms with Crippen molar-refractivity contribution >= 4 is 27.8 Å². The lowest BCUT2D eigenvalue weighted by Crippen LogP contribution is -2.30. The molecule has 0 atom stereocenters. The average Bonchev–Trinajstić information content (AvgIpc) is 2.65. The van der Waals surface area contributed by atoms with E-state index in [0.29, 0.717) is 0 Å². The van der Waals surface area contributed by atoms with Crippen LogP contribution >= 0.6 is 0 Å². The van der Waals surface area contributed by atoms with Gasteiger partial charge in [0.05, 0.1) is 31.4 Å². The maximum absolute atomic E-state index is 12.7. The minimum Gasteiger partial charge on any atom is -0.481 e. The van der Waals surface area contributed by atoms with E-state index in [0.717, 1.165) is 11.1 Å². The lowest BCUT2D eigenvalue weighted by Gasteiger charge is -2.16. The van der Waals surface area contributed by atoms with E-state index >= 15 is 0 Å². The van der Waals surface area contributed by atoms with Crippen LogP contribution in [0.5, 0.6) is 11.8 Å². The topological polar surface area (TPSA) is 167 Å². The zero-order chi connectivity index (χ0) is 21.1. The van der Waals surface area contributed by atoms with Crippen LogP contribution < -0.4 is 19.9 Å². The van der Waals surface area contributed by atoms with Crippen LogP contribution in [0, 0.1) is 0 Å². The number of hydrogen-bond donors (Lipinski definition) is 2. The van der Waals surface area contributed by atoms with E-state index in [1.54, 1.807) is 0 Å². The quantitative estimate of drug-likeness (QED) is 0.637. The largest absolute Gasteiger partial charge is 0.481 e. The molecule has 3 N–H and O–H groups in total. The zero-order valence-electron chi connectivity index (χ0n) is 15.5. The van der Waals surface area contributed by atoms with E-state index < -0.39 is 32.4 Å². The van der Waals surface area contributed by atoms with E-state index in [2.05, 4.69) is 20.3 Å². The molecule has 2 aromatic heterocycles. The Morgan fingerprint density at radius 1 is 1.14 bits per heavy atom. The Balaban J connectivity index is 2.56. The highest BCUT2D eigenvalue weighted by atomic mass is 32.2. The molecular formula is C15H18N6O6S. The van der Waals surface area contributed by atoms with Crippen LogP contribution in [-0.2, 0) is 10.0 Å². The molecule has 13 heteroatoms. The van der Waals surface area contributed by atoms with Gasteiger partial charge >= 0.3 is 0 Å². The molecule has 0 saturated heterocycles. The Bertz CT molecular complexity index is 1000. The highest BCUT2D eigenvalue weighted by Crippen LogP contribution is 2.21. The molecule has 0 aliphatic rings. The first kappa shape index (κ1) is 21.0. The number of anilines is 1. The highest BCUT2D eigenvalue weighted by molar-refractivity contribution is 7.89. The molecule has 0 bridgehead atoms. The number of nitrogens with one attached hydrogen (secondary N) is 1. The summed E-state index contributed by atoms with van der Waals surface area (Å²) >= 11 is 0. The Morgan fingerprint density at radius 3 is 2.18 bits per heavy atom. The van der Waals surface area contributed by atoms with Crippen molar-refractivity contribution in [3.63, 3.8) is 0 Å². The van der Waals surface area contributed by atoms with Crippen LogP contribution in [-0.4, -0.2) is 68.4 Å². The first-order valence-corrected chi connectivity index (χ1v) is 9.15. The van der Waals surface area contributed by atoms with Gasteiger partial charge in [0.2, 0.25) is 17.7 Å². The van der Waals surface area contributed by atoms with Gasteiger partial charge in [-0.2, -0.15) is 9.97 Å². The molecule has 0 radical (unpaired) electrons. The normalized spacial score (nSPS) is 10.9. The Hall–Kier alpha value is -3.32. The summed E-state index contributed by atoms with van der Waals surface area (Å²) in [6.45, 7) is 0. The van der Waals surface area contributed by atoms with Crippen LogP contribution in [0.3, 0.4) is 0 Å². The lowest BCUT2D eigenvalue weighted by atomic mass is 10.1. The molecule has 150 valence electrons. The average molecular weight is 410 g/mol. The van der Waals surface area contributed by atoms with Gasteiger partial charge in [-0.05, 0) is 6.07 Å². The number of rotatable bonds is 6. The second-order valence-electron chi connectivity index (χ2n) is 5.51. The van der Waals surface area contributed by atoms with Crippen molar-refractivity contribution in [1.29, 1.82) is 0 Å². The number of pyridine rings is 1. The van der Waals surface area contributed by atoms with E-state index in [4.69, 9.17) is 14.6 Å². The van der Waals surface area contributed by atoms with Crippen LogP contribution in [0.15, 0.2) is 23.4 Å². The summed E-state index contributed by atoms with van der Waals surface area (Å²) in [5.74, 6) is -1.57. The van der Waals surface area contributed by atoms with E-state index in [9.17, 15) is 18.0 Å². The second-order valence-corrected chi connectivity index (χ2v) is 6.99. The molecule has 0 saturated carbocycles. The van der Waals surface area contributed by atoms with Crippen molar-refractivity contribution in [2.24, 2.45) is 5.14 Å². The third kappa shape index (κ3) is 4.50. The number of hydrogen-bond acceptors (Lipinski definition) is 9. The molecule has 0 aliphatic heterocycles. The summed E-state index contributed by atoms with van der Waals surface area (Å²) in [6.07, 6.45) is 1.05. The Labute approximate surface area is 160 Å². The number of nitrogens with zero attached hydrogens (tertiary/aromatic N) is 4. The third-order valence-electron chi connectivity index (χ3n) is 3.37. The van der Waals surface area contributed by atoms with Crippen molar-refractivity contribution < 1.29 is 27.5 Å². The van der Waals surface area contributed by atoms with Crippen LogP contribution in [0.4, 0.5) is 5.95 Å². The van der Waals surface area contributed by atoms with Gasteiger partial charge in [0.1, 0.15) is 0 Å². The molecule has 28 heavy (non-hydrogen) atoms. The van der Waals surface area contributed by atoms with Gasteiger partial charge in [-0.3, -0.25) is 14.9 Å². The molecule has 0 unspecified atom stereocenters. The minimum absolute atomic E-state index is 0.117. The first-order valence-electron chi connectivity index (χ1n) is 7.60. The number of carbonyl (C=O) groups excluding carboxylic acids is 2. The lowest BCUT2D eigenvalue weighted by molar-refractivity contribution is 0.0817. The zero-order valence-corrected chi connectivity index (χ0v) is 16.3. The number of primary sulfonamides is 1. The summed E-state index contributed by atoms with van der Waals surface area (Å²) < 4.78 is 33.7. The van der Waals surface area contributed by atoms with Crippen LogP contribution in [0.2, 0.25) is 0 Å². The van der Waals surface area contributed by atoms with Crippen LogP contribution in [0.1, 0.15) is 20.7 Å². The summed E-state index contributed by atoms with van der Waals surface area (Å²) in [7, 11) is 1.13. The summed E-state index contributed by atoms with van der Waals surface area (Å²) in [6, 6.07) is 2.57. The van der Waals surface area contributed by atoms with E-state index in [1.165, 1.54) is 40.4 Å². The summed E-state index contributed by atoms with van der Waals surface area (Å²) in [4.78, 5) is 37.9. The van der Waals surface area contributed by atoms with Gasteiger partial charge in [0.15, 0.2) is 5.03 Å². The second kappa shape index (κ2) is 8.14. The fourth-order valence-corrected chi connectivity index (χ4v) is 2.81. The number of carbonyl (C=O) groups is 2. The summed E-state index contributed by atoms with van der Waals surface area (Å²) in [5.41, 5.74) is -0.745. The van der Waals surface area contributed by atoms with Gasteiger partial charge in [-0.15, -0.1) is 0 Å². The third-order valence-corrected chi connectivity index (χ3v) is 4.22. The number of methoxy groups -OCH3 is 2. The SMILES string of the molecule is COc1cc(OC)nc(NC(=O)c2ccnc(S(N)(=O)=O)c2C(=O)N(C)C)n1. The molecule has 2 heterocycles. The predicted octanol–water partition coefficient (Wildman–Crippen LogP) is -0.510. The molecule has 2 rings (SSSR count). The fraction of sp³-hybridized carbons (Fsp3) is 0.267. The molecule has 12 nitrogen and oxygen atoms in total. The summed E-state index contributed by atoms with van der Waals surface area (Å²) in [5, 5.41) is 6.79. The Morgan fingerprint density at radius 2 is 1.71 bits per heavy atom. The number of ether oxygens (including phenoxy) is 2. The van der Waals surface area contributed by atoms with Crippen molar-refractivity contribution in [1.82, 2.24) is 19.9 Å². The molecule has 0 aromatic carbocycles. The Kier molecular flexibility index (Phi) is 6.10. The number of amides is 2. The molecule has 0 aliphatic carbocycles. The van der Waals surface area contributed by atoms with Gasteiger partial charge in [-0.25, -0.2) is 18.5 Å². The number of nitrogens with two attached hydrogens (primary N) is 1. The minimum atomic E-state index is -4.37. The predicted molar refractivity (Wildman–Crippen MR) is 96.7 cm³/mol. The fourth-order valence-electron chi connectivity index (χ4n) is 2.12. The smallest absolute Gasteiger partial charge is 0.258 e. The molecule has 0 fully saturated rings. The van der Waals surface area contributed by atoms with Gasteiger partial charge in [-0.1, -0.05) is 0 Å². The van der Waals surface area contributed by atoms with Crippen molar-refractivity contribution in [2.45, 2.75) is 5.03 Å². The first-order chi connectivity index (χ1) is 13.1. The van der Waals surface area contributed by atoms with E-state index in [-0.39, 0.29) is 23.3 Å². The highest BCUT2D eigenvalue weighted by Gasteiger charge is 2.29. The maximum atomic E-state index is 12.7. The molecular weight excluding hydrogens is 392 g/mol. The van der Waals surface area contributed by atoms with Crippen molar-refractivity contribution in [2.75, 3.05) is 33.6 Å². The van der Waals surface area contributed by atoms with Crippen LogP contribution in [0.25, 0.3) is 0 Å². The number of aromatic nitrogens is 3.